The number of rotatable bonds is 2. The zero-order valence-electron chi connectivity index (χ0n) is 14.8. The van der Waals surface area contributed by atoms with Gasteiger partial charge in [0.15, 0.2) is 0 Å². The van der Waals surface area contributed by atoms with Gasteiger partial charge in [0.2, 0.25) is 5.91 Å². The number of ether oxygens (including phenoxy) is 1. The number of aromatic nitrogens is 1. The number of carbonyl (C=O) groups is 2. The minimum Gasteiger partial charge on any atom is -0.444 e. The lowest BCUT2D eigenvalue weighted by molar-refractivity contribution is -0.119. The maximum atomic E-state index is 12.6. The minimum absolute atomic E-state index is 0.0232. The van der Waals surface area contributed by atoms with E-state index < -0.39 is 11.6 Å². The van der Waals surface area contributed by atoms with Crippen LogP contribution in [-0.4, -0.2) is 52.7 Å². The van der Waals surface area contributed by atoms with Crippen LogP contribution in [0.4, 0.5) is 10.6 Å². The Balaban J connectivity index is 1.64. The van der Waals surface area contributed by atoms with Crippen LogP contribution in [0.2, 0.25) is 0 Å². The second-order valence-corrected chi connectivity index (χ2v) is 7.46. The van der Waals surface area contributed by atoms with Crippen molar-refractivity contribution in [2.24, 2.45) is 5.92 Å². The van der Waals surface area contributed by atoms with E-state index in [0.29, 0.717) is 18.9 Å². The number of amides is 2. The predicted molar refractivity (Wildman–Crippen MR) is 92.6 cm³/mol. The zero-order chi connectivity index (χ0) is 18.0. The Kier molecular flexibility index (Phi) is 4.91. The number of piperidine rings is 1. The Morgan fingerprint density at radius 1 is 1.32 bits per heavy atom. The van der Waals surface area contributed by atoms with Crippen molar-refractivity contribution in [3.8, 4) is 0 Å². The molecule has 3 unspecified atom stereocenters. The van der Waals surface area contributed by atoms with Crippen molar-refractivity contribution < 1.29 is 14.3 Å². The molecule has 2 aliphatic heterocycles. The highest BCUT2D eigenvalue weighted by Crippen LogP contribution is 2.26. The second kappa shape index (κ2) is 6.97. The van der Waals surface area contributed by atoms with Crippen LogP contribution in [0.1, 0.15) is 27.2 Å². The van der Waals surface area contributed by atoms with Crippen LogP contribution >= 0.6 is 0 Å². The molecule has 8 nitrogen and oxygen atoms in total. The molecule has 2 saturated heterocycles. The first-order valence-corrected chi connectivity index (χ1v) is 8.54. The zero-order valence-corrected chi connectivity index (χ0v) is 14.8. The monoisotopic (exact) mass is 347 g/mol. The van der Waals surface area contributed by atoms with Crippen molar-refractivity contribution in [2.45, 2.75) is 44.9 Å². The van der Waals surface area contributed by atoms with E-state index >= 15 is 0 Å². The first kappa shape index (κ1) is 17.6. The van der Waals surface area contributed by atoms with Gasteiger partial charge >= 0.3 is 6.09 Å². The Bertz CT molecular complexity index is 631. The fraction of sp³-hybridized carbons (Fsp3) is 0.588. The third-order valence-corrected chi connectivity index (χ3v) is 4.36. The van der Waals surface area contributed by atoms with Crippen LogP contribution in [-0.2, 0) is 9.53 Å². The summed E-state index contributed by atoms with van der Waals surface area (Å²) in [6.45, 7) is 6.62. The normalized spacial score (nSPS) is 26.0. The van der Waals surface area contributed by atoms with Crippen LogP contribution in [0.3, 0.4) is 0 Å². The molecular formula is C17H25N5O3. The van der Waals surface area contributed by atoms with Gasteiger partial charge in [-0.3, -0.25) is 10.2 Å². The van der Waals surface area contributed by atoms with Gasteiger partial charge in [0.1, 0.15) is 17.5 Å². The summed E-state index contributed by atoms with van der Waals surface area (Å²) in [5.41, 5.74) is 5.70. The summed E-state index contributed by atoms with van der Waals surface area (Å²) in [7, 11) is 0. The van der Waals surface area contributed by atoms with Crippen molar-refractivity contribution in [3.63, 3.8) is 0 Å². The highest BCUT2D eigenvalue weighted by Gasteiger charge is 2.44. The van der Waals surface area contributed by atoms with Gasteiger partial charge in [0, 0.05) is 31.2 Å². The topological polar surface area (TPSA) is 95.6 Å². The highest BCUT2D eigenvalue weighted by atomic mass is 16.6. The van der Waals surface area contributed by atoms with E-state index in [-0.39, 0.29) is 24.0 Å². The molecule has 2 fully saturated rings. The number of likely N-dealkylation sites (tertiary alicyclic amines) is 1. The predicted octanol–water partition coefficient (Wildman–Crippen LogP) is 1.12. The average molecular weight is 347 g/mol. The van der Waals surface area contributed by atoms with Gasteiger partial charge in [0.05, 0.1) is 0 Å². The van der Waals surface area contributed by atoms with Gasteiger partial charge in [-0.1, -0.05) is 6.07 Å². The summed E-state index contributed by atoms with van der Waals surface area (Å²) < 4.78 is 5.45. The maximum Gasteiger partial charge on any atom is 0.410 e. The van der Waals surface area contributed by atoms with E-state index in [1.54, 1.807) is 23.2 Å². The molecule has 2 aliphatic rings. The van der Waals surface area contributed by atoms with Crippen molar-refractivity contribution in [3.05, 3.63) is 24.4 Å². The van der Waals surface area contributed by atoms with Crippen LogP contribution in [0.5, 0.6) is 0 Å². The number of anilines is 1. The van der Waals surface area contributed by atoms with Gasteiger partial charge < -0.3 is 15.0 Å². The SMILES string of the molecule is CC(C)(C)OC(=O)N1CCC2NNC(C(=O)Nc3ccccn3)C2C1. The van der Waals surface area contributed by atoms with Gasteiger partial charge in [-0.25, -0.2) is 15.2 Å². The molecule has 3 N–H and O–H groups in total. The Morgan fingerprint density at radius 3 is 2.80 bits per heavy atom. The number of hydrazine groups is 1. The molecule has 0 radical (unpaired) electrons. The van der Waals surface area contributed by atoms with Crippen LogP contribution < -0.4 is 16.2 Å². The Morgan fingerprint density at radius 2 is 2.12 bits per heavy atom. The van der Waals surface area contributed by atoms with Crippen molar-refractivity contribution >= 4 is 17.8 Å². The molecule has 3 atom stereocenters. The summed E-state index contributed by atoms with van der Waals surface area (Å²) in [6, 6.07) is 5.07. The third-order valence-electron chi connectivity index (χ3n) is 4.36. The average Bonchev–Trinajstić information content (AvgIpc) is 2.97. The van der Waals surface area contributed by atoms with Crippen molar-refractivity contribution in [2.75, 3.05) is 18.4 Å². The molecular weight excluding hydrogens is 322 g/mol. The van der Waals surface area contributed by atoms with E-state index in [9.17, 15) is 9.59 Å². The summed E-state index contributed by atoms with van der Waals surface area (Å²) >= 11 is 0. The lowest BCUT2D eigenvalue weighted by Crippen LogP contribution is -2.51. The van der Waals surface area contributed by atoms with E-state index in [2.05, 4.69) is 21.2 Å². The van der Waals surface area contributed by atoms with E-state index in [4.69, 9.17) is 4.74 Å². The summed E-state index contributed by atoms with van der Waals surface area (Å²) in [4.78, 5) is 30.7. The first-order chi connectivity index (χ1) is 11.8. The van der Waals surface area contributed by atoms with E-state index in [1.807, 2.05) is 26.8 Å². The maximum absolute atomic E-state index is 12.6. The first-order valence-electron chi connectivity index (χ1n) is 8.54. The molecule has 0 aliphatic carbocycles. The standard InChI is InChI=1S/C17H25N5O3/c1-17(2,3)25-16(24)22-9-7-12-11(10-22)14(21-20-12)15(23)19-13-6-4-5-8-18-13/h4-6,8,11-12,14,20-21H,7,9-10H2,1-3H3,(H,18,19,23). The fourth-order valence-corrected chi connectivity index (χ4v) is 3.20. The highest BCUT2D eigenvalue weighted by molar-refractivity contribution is 5.94. The quantitative estimate of drug-likeness (QED) is 0.742. The second-order valence-electron chi connectivity index (χ2n) is 7.46. The van der Waals surface area contributed by atoms with Crippen molar-refractivity contribution in [1.29, 1.82) is 0 Å². The molecule has 0 bridgehead atoms. The number of hydrogen-bond acceptors (Lipinski definition) is 6. The molecule has 2 amide bonds. The summed E-state index contributed by atoms with van der Waals surface area (Å²) in [6.07, 6.45) is 2.06. The lowest BCUT2D eigenvalue weighted by atomic mass is 9.88. The molecule has 25 heavy (non-hydrogen) atoms. The van der Waals surface area contributed by atoms with Gasteiger partial charge in [0.25, 0.3) is 0 Å². The summed E-state index contributed by atoms with van der Waals surface area (Å²) in [5, 5.41) is 2.81. The molecule has 0 aromatic carbocycles. The lowest BCUT2D eigenvalue weighted by Gasteiger charge is -2.36. The molecule has 8 heteroatoms. The molecule has 136 valence electrons. The van der Waals surface area contributed by atoms with Gasteiger partial charge in [-0.15, -0.1) is 0 Å². The number of carbonyl (C=O) groups excluding carboxylic acids is 2. The number of nitrogens with one attached hydrogen (secondary N) is 3. The van der Waals surface area contributed by atoms with Crippen molar-refractivity contribution in [1.82, 2.24) is 20.7 Å². The number of hydrogen-bond donors (Lipinski definition) is 3. The number of fused-ring (bicyclic) bond motifs is 1. The number of pyridine rings is 1. The molecule has 0 saturated carbocycles. The fourth-order valence-electron chi connectivity index (χ4n) is 3.20. The molecule has 0 spiro atoms. The van der Waals surface area contributed by atoms with Crippen LogP contribution in [0, 0.1) is 5.92 Å². The van der Waals surface area contributed by atoms with E-state index in [0.717, 1.165) is 6.42 Å². The van der Waals surface area contributed by atoms with Crippen LogP contribution in [0.25, 0.3) is 0 Å². The molecule has 1 aromatic heterocycles. The largest absolute Gasteiger partial charge is 0.444 e. The number of nitrogens with zero attached hydrogens (tertiary/aromatic N) is 2. The molecule has 3 heterocycles. The van der Waals surface area contributed by atoms with Crippen LogP contribution in [0.15, 0.2) is 24.4 Å². The molecule has 1 aromatic rings. The Labute approximate surface area is 147 Å². The van der Waals surface area contributed by atoms with E-state index in [1.165, 1.54) is 0 Å². The van der Waals surface area contributed by atoms with Gasteiger partial charge in [-0.05, 0) is 39.3 Å². The Hall–Kier alpha value is -2.19. The summed E-state index contributed by atoms with van der Waals surface area (Å²) in [5.74, 6) is 0.326. The minimum atomic E-state index is -0.532. The van der Waals surface area contributed by atoms with Gasteiger partial charge in [-0.2, -0.15) is 0 Å². The third kappa shape index (κ3) is 4.26. The smallest absolute Gasteiger partial charge is 0.410 e. The molecule has 3 rings (SSSR count).